The highest BCUT2D eigenvalue weighted by atomic mass is 16.6. The maximum atomic E-state index is 4.67. The topological polar surface area (TPSA) is 56.7 Å². The summed E-state index contributed by atoms with van der Waals surface area (Å²) in [5.74, 6) is 0. The Labute approximate surface area is 98.0 Å². The largest absolute Gasteiger partial charge is 0.333 e. The van der Waals surface area contributed by atoms with Crippen LogP contribution >= 0.6 is 0 Å². The highest BCUT2D eigenvalue weighted by Crippen LogP contribution is 2.12. The fourth-order valence-corrected chi connectivity index (χ4v) is 1.81. The standard InChI is InChI=1S/C12H12N4O/c1-2-10-7-16(8-13-10)6-9-3-4-11-12(5-9)15-17-14-11/h3-5,7-8H,2,6H2,1H3. The fraction of sp³-hybridized carbons (Fsp3) is 0.250. The molecule has 0 spiro atoms. The maximum absolute atomic E-state index is 4.67. The van der Waals surface area contributed by atoms with Gasteiger partial charge in [0, 0.05) is 12.7 Å². The number of hydrogen-bond acceptors (Lipinski definition) is 4. The van der Waals surface area contributed by atoms with E-state index in [4.69, 9.17) is 0 Å². The molecule has 5 nitrogen and oxygen atoms in total. The summed E-state index contributed by atoms with van der Waals surface area (Å²) >= 11 is 0. The summed E-state index contributed by atoms with van der Waals surface area (Å²) in [4.78, 5) is 4.30. The van der Waals surface area contributed by atoms with Crippen molar-refractivity contribution in [2.45, 2.75) is 19.9 Å². The Morgan fingerprint density at radius 2 is 2.12 bits per heavy atom. The predicted molar refractivity (Wildman–Crippen MR) is 62.5 cm³/mol. The molecule has 0 radical (unpaired) electrons. The lowest BCUT2D eigenvalue weighted by atomic mass is 10.2. The molecule has 86 valence electrons. The van der Waals surface area contributed by atoms with Crippen LogP contribution in [0.3, 0.4) is 0 Å². The van der Waals surface area contributed by atoms with Gasteiger partial charge in [-0.25, -0.2) is 9.61 Å². The van der Waals surface area contributed by atoms with E-state index in [1.54, 1.807) is 0 Å². The first kappa shape index (κ1) is 10.0. The first-order valence-corrected chi connectivity index (χ1v) is 5.57. The molecule has 0 unspecified atom stereocenters. The SMILES string of the molecule is CCc1cn(Cc2ccc3nonc3c2)cn1. The van der Waals surface area contributed by atoms with Gasteiger partial charge in [-0.3, -0.25) is 0 Å². The minimum Gasteiger partial charge on any atom is -0.333 e. The van der Waals surface area contributed by atoms with Crippen LogP contribution < -0.4 is 0 Å². The molecule has 3 aromatic rings. The second kappa shape index (κ2) is 4.01. The molecule has 0 aliphatic carbocycles. The summed E-state index contributed by atoms with van der Waals surface area (Å²) in [7, 11) is 0. The summed E-state index contributed by atoms with van der Waals surface area (Å²) < 4.78 is 6.74. The molecule has 0 atom stereocenters. The predicted octanol–water partition coefficient (Wildman–Crippen LogP) is 2.03. The lowest BCUT2D eigenvalue weighted by Crippen LogP contribution is -1.96. The number of hydrogen-bond donors (Lipinski definition) is 0. The molecule has 0 saturated carbocycles. The summed E-state index contributed by atoms with van der Waals surface area (Å²) in [5, 5.41) is 7.61. The third-order valence-electron chi connectivity index (χ3n) is 2.73. The van der Waals surface area contributed by atoms with Gasteiger partial charge in [-0.1, -0.05) is 13.0 Å². The Bertz CT molecular complexity index is 641. The first-order valence-electron chi connectivity index (χ1n) is 5.57. The molecule has 0 fully saturated rings. The Hall–Kier alpha value is -2.17. The van der Waals surface area contributed by atoms with Crippen LogP contribution in [0.15, 0.2) is 35.4 Å². The van der Waals surface area contributed by atoms with Gasteiger partial charge in [-0.15, -0.1) is 0 Å². The van der Waals surface area contributed by atoms with Gasteiger partial charge in [0.05, 0.1) is 12.0 Å². The van der Waals surface area contributed by atoms with Gasteiger partial charge in [0.25, 0.3) is 0 Å². The summed E-state index contributed by atoms with van der Waals surface area (Å²) in [6, 6.07) is 5.93. The molecule has 2 heterocycles. The van der Waals surface area contributed by atoms with Crippen LogP contribution in [-0.4, -0.2) is 19.9 Å². The van der Waals surface area contributed by atoms with Crippen LogP contribution in [0, 0.1) is 0 Å². The van der Waals surface area contributed by atoms with Gasteiger partial charge >= 0.3 is 0 Å². The Morgan fingerprint density at radius 1 is 1.24 bits per heavy atom. The monoisotopic (exact) mass is 228 g/mol. The van der Waals surface area contributed by atoms with E-state index < -0.39 is 0 Å². The zero-order chi connectivity index (χ0) is 11.7. The van der Waals surface area contributed by atoms with Crippen molar-refractivity contribution in [3.8, 4) is 0 Å². The van der Waals surface area contributed by atoms with E-state index in [-0.39, 0.29) is 0 Å². The molecule has 17 heavy (non-hydrogen) atoms. The molecular weight excluding hydrogens is 216 g/mol. The lowest BCUT2D eigenvalue weighted by Gasteiger charge is -2.01. The van der Waals surface area contributed by atoms with E-state index in [1.165, 1.54) is 0 Å². The molecule has 1 aromatic carbocycles. The number of nitrogens with zero attached hydrogens (tertiary/aromatic N) is 4. The van der Waals surface area contributed by atoms with Crippen molar-refractivity contribution in [2.24, 2.45) is 0 Å². The Kier molecular flexibility index (Phi) is 2.36. The van der Waals surface area contributed by atoms with Gasteiger partial charge < -0.3 is 4.57 Å². The maximum Gasteiger partial charge on any atom is 0.135 e. The zero-order valence-electron chi connectivity index (χ0n) is 9.50. The minimum absolute atomic E-state index is 0.786. The van der Waals surface area contributed by atoms with Crippen molar-refractivity contribution in [3.05, 3.63) is 42.0 Å². The summed E-state index contributed by atoms with van der Waals surface area (Å²) in [5.41, 5.74) is 3.84. The third kappa shape index (κ3) is 1.91. The van der Waals surface area contributed by atoms with Crippen molar-refractivity contribution < 1.29 is 4.63 Å². The molecule has 5 heteroatoms. The van der Waals surface area contributed by atoms with Crippen molar-refractivity contribution in [3.63, 3.8) is 0 Å². The zero-order valence-corrected chi connectivity index (χ0v) is 9.50. The quantitative estimate of drug-likeness (QED) is 0.688. The number of aryl methyl sites for hydroxylation is 1. The molecule has 0 aliphatic rings. The van der Waals surface area contributed by atoms with Crippen LogP contribution in [0.5, 0.6) is 0 Å². The van der Waals surface area contributed by atoms with Gasteiger partial charge in [0.1, 0.15) is 11.0 Å². The van der Waals surface area contributed by atoms with Crippen LogP contribution in [0.25, 0.3) is 11.0 Å². The molecule has 0 amide bonds. The van der Waals surface area contributed by atoms with Crippen LogP contribution in [0.1, 0.15) is 18.2 Å². The fourth-order valence-electron chi connectivity index (χ4n) is 1.81. The second-order valence-electron chi connectivity index (χ2n) is 3.98. The summed E-state index contributed by atoms with van der Waals surface area (Å²) in [6.45, 7) is 2.88. The second-order valence-corrected chi connectivity index (χ2v) is 3.98. The van der Waals surface area contributed by atoms with Crippen LogP contribution in [0.2, 0.25) is 0 Å². The molecule has 0 bridgehead atoms. The van der Waals surface area contributed by atoms with E-state index in [0.29, 0.717) is 0 Å². The summed E-state index contributed by atoms with van der Waals surface area (Å²) in [6.07, 6.45) is 4.87. The number of rotatable bonds is 3. The van der Waals surface area contributed by atoms with E-state index in [0.717, 1.165) is 35.3 Å². The van der Waals surface area contributed by atoms with E-state index in [2.05, 4.69) is 37.6 Å². The lowest BCUT2D eigenvalue weighted by molar-refractivity contribution is 0.315. The molecule has 0 saturated heterocycles. The van der Waals surface area contributed by atoms with E-state index in [1.807, 2.05) is 24.5 Å². The number of aromatic nitrogens is 4. The van der Waals surface area contributed by atoms with Crippen molar-refractivity contribution in [1.82, 2.24) is 19.9 Å². The highest BCUT2D eigenvalue weighted by Gasteiger charge is 2.03. The van der Waals surface area contributed by atoms with Crippen molar-refractivity contribution in [1.29, 1.82) is 0 Å². The van der Waals surface area contributed by atoms with Gasteiger partial charge in [0.2, 0.25) is 0 Å². The average molecular weight is 228 g/mol. The first-order chi connectivity index (χ1) is 8.35. The number of benzene rings is 1. The van der Waals surface area contributed by atoms with E-state index in [9.17, 15) is 0 Å². The van der Waals surface area contributed by atoms with Gasteiger partial charge in [0.15, 0.2) is 0 Å². The third-order valence-corrected chi connectivity index (χ3v) is 2.73. The van der Waals surface area contributed by atoms with Gasteiger partial charge in [-0.05, 0) is 34.4 Å². The van der Waals surface area contributed by atoms with Gasteiger partial charge in [-0.2, -0.15) is 0 Å². The highest BCUT2D eigenvalue weighted by molar-refractivity contribution is 5.73. The molecule has 0 N–H and O–H groups in total. The van der Waals surface area contributed by atoms with Crippen LogP contribution in [-0.2, 0) is 13.0 Å². The Morgan fingerprint density at radius 3 is 2.94 bits per heavy atom. The van der Waals surface area contributed by atoms with E-state index >= 15 is 0 Å². The minimum atomic E-state index is 0.786. The van der Waals surface area contributed by atoms with Crippen molar-refractivity contribution >= 4 is 11.0 Å². The molecule has 0 aliphatic heterocycles. The number of fused-ring (bicyclic) bond motifs is 1. The Balaban J connectivity index is 1.88. The normalized spacial score (nSPS) is 11.1. The van der Waals surface area contributed by atoms with Crippen LogP contribution in [0.4, 0.5) is 0 Å². The smallest absolute Gasteiger partial charge is 0.135 e. The number of imidazole rings is 1. The van der Waals surface area contributed by atoms with Crippen molar-refractivity contribution in [2.75, 3.05) is 0 Å². The molecule has 2 aromatic heterocycles. The molecule has 3 rings (SSSR count). The average Bonchev–Trinajstić information content (AvgIpc) is 2.96. The molecular formula is C12H12N4O.